The lowest BCUT2D eigenvalue weighted by Gasteiger charge is -2.39. The molecule has 2 bridgehead atoms. The summed E-state index contributed by atoms with van der Waals surface area (Å²) in [6.07, 6.45) is 4.30. The lowest BCUT2D eigenvalue weighted by Crippen LogP contribution is -2.44. The van der Waals surface area contributed by atoms with E-state index < -0.39 is 0 Å². The first-order valence-electron chi connectivity index (χ1n) is 9.93. The van der Waals surface area contributed by atoms with E-state index >= 15 is 0 Å². The fourth-order valence-corrected chi connectivity index (χ4v) is 5.27. The molecule has 4 nitrogen and oxygen atoms in total. The lowest BCUT2D eigenvalue weighted by molar-refractivity contribution is 0.129. The van der Waals surface area contributed by atoms with Gasteiger partial charge in [-0.1, -0.05) is 39.0 Å². The number of urea groups is 1. The van der Waals surface area contributed by atoms with Gasteiger partial charge < -0.3 is 15.0 Å². The van der Waals surface area contributed by atoms with Gasteiger partial charge in [0.05, 0.1) is 6.61 Å². The third-order valence-electron chi connectivity index (χ3n) is 5.93. The second-order valence-electron chi connectivity index (χ2n) is 9.50. The molecule has 2 aliphatic rings. The number of rotatable bonds is 5. The van der Waals surface area contributed by atoms with Crippen LogP contribution in [0.1, 0.15) is 57.6 Å². The average molecular weight is 359 g/mol. The summed E-state index contributed by atoms with van der Waals surface area (Å²) in [5, 5.41) is 3.10. The van der Waals surface area contributed by atoms with Gasteiger partial charge in [-0.2, -0.15) is 0 Å². The molecular weight excluding hydrogens is 324 g/mol. The highest BCUT2D eigenvalue weighted by molar-refractivity contribution is 5.75. The first-order valence-corrected chi connectivity index (χ1v) is 9.93. The van der Waals surface area contributed by atoms with Crippen LogP contribution in [-0.4, -0.2) is 36.7 Å². The molecule has 0 aromatic heterocycles. The first kappa shape index (κ1) is 19.1. The predicted molar refractivity (Wildman–Crippen MR) is 106 cm³/mol. The maximum atomic E-state index is 12.7. The number of hydrogen-bond acceptors (Lipinski definition) is 2. The van der Waals surface area contributed by atoms with Crippen molar-refractivity contribution in [2.75, 3.05) is 19.7 Å². The number of carbonyl (C=O) groups excluding carboxylic acids is 1. The normalized spacial score (nSPS) is 26.7. The Hall–Kier alpha value is -1.71. The van der Waals surface area contributed by atoms with E-state index in [0.29, 0.717) is 24.6 Å². The van der Waals surface area contributed by atoms with E-state index in [1.54, 1.807) is 0 Å². The van der Waals surface area contributed by atoms with Crippen molar-refractivity contribution >= 4 is 6.03 Å². The molecule has 144 valence electrons. The zero-order valence-electron chi connectivity index (χ0n) is 17.0. The molecule has 1 aromatic carbocycles. The number of amides is 2. The zero-order valence-corrected chi connectivity index (χ0v) is 17.0. The van der Waals surface area contributed by atoms with Crippen LogP contribution in [0.25, 0.3) is 0 Å². The number of nitrogens with zero attached hydrogens (tertiary/aromatic N) is 1. The number of benzene rings is 1. The monoisotopic (exact) mass is 358 g/mol. The van der Waals surface area contributed by atoms with Gasteiger partial charge in [-0.25, -0.2) is 4.79 Å². The van der Waals surface area contributed by atoms with Gasteiger partial charge in [-0.05, 0) is 61.5 Å². The van der Waals surface area contributed by atoms with Crippen LogP contribution in [0, 0.1) is 24.7 Å². The smallest absolute Gasteiger partial charge is 0.317 e. The Bertz CT molecular complexity index is 650. The van der Waals surface area contributed by atoms with Crippen LogP contribution in [0.15, 0.2) is 18.2 Å². The summed E-state index contributed by atoms with van der Waals surface area (Å²) >= 11 is 0. The Morgan fingerprint density at radius 1 is 1.23 bits per heavy atom. The molecule has 2 atom stereocenters. The fraction of sp³-hybridized carbons (Fsp3) is 0.682. The molecular formula is C22H34N2O2. The van der Waals surface area contributed by atoms with Crippen molar-refractivity contribution < 1.29 is 9.53 Å². The van der Waals surface area contributed by atoms with Gasteiger partial charge in [0.15, 0.2) is 0 Å². The zero-order chi connectivity index (χ0) is 18.9. The van der Waals surface area contributed by atoms with Crippen molar-refractivity contribution in [1.82, 2.24) is 10.2 Å². The molecule has 2 amide bonds. The van der Waals surface area contributed by atoms with Crippen LogP contribution in [-0.2, 0) is 0 Å². The van der Waals surface area contributed by atoms with Crippen LogP contribution >= 0.6 is 0 Å². The van der Waals surface area contributed by atoms with Gasteiger partial charge in [-0.15, -0.1) is 0 Å². The Morgan fingerprint density at radius 2 is 1.92 bits per heavy atom. The van der Waals surface area contributed by atoms with Crippen molar-refractivity contribution in [3.05, 3.63) is 29.3 Å². The van der Waals surface area contributed by atoms with Crippen molar-refractivity contribution in [1.29, 1.82) is 0 Å². The quantitative estimate of drug-likeness (QED) is 0.776. The van der Waals surface area contributed by atoms with E-state index in [9.17, 15) is 4.79 Å². The Labute approximate surface area is 158 Å². The number of nitrogens with one attached hydrogen (secondary N) is 1. The molecule has 0 spiro atoms. The molecule has 1 saturated carbocycles. The molecule has 1 aliphatic heterocycles. The second kappa shape index (κ2) is 7.13. The summed E-state index contributed by atoms with van der Waals surface area (Å²) in [7, 11) is 0. The van der Waals surface area contributed by atoms with Crippen LogP contribution in [0.3, 0.4) is 0 Å². The Kier molecular flexibility index (Phi) is 5.23. The number of carbonyl (C=O) groups is 1. The molecule has 1 aliphatic carbocycles. The van der Waals surface area contributed by atoms with Gasteiger partial charge in [0, 0.05) is 19.1 Å². The van der Waals surface area contributed by atoms with Crippen LogP contribution in [0.5, 0.6) is 5.75 Å². The van der Waals surface area contributed by atoms with E-state index in [1.165, 1.54) is 6.42 Å². The SMILES string of the molecule is Cc1cccc(C)c1OCCCNC(=O)N1CC2(C)CC1CC(C)(C)C2. The predicted octanol–water partition coefficient (Wildman–Crippen LogP) is 4.68. The van der Waals surface area contributed by atoms with Gasteiger partial charge in [-0.3, -0.25) is 0 Å². The summed E-state index contributed by atoms with van der Waals surface area (Å²) in [5.41, 5.74) is 2.95. The average Bonchev–Trinajstić information content (AvgIpc) is 2.78. The standard InChI is InChI=1S/C22H34N2O2/c1-16-8-6-9-17(2)19(16)26-11-7-10-23-20(25)24-15-22(5)13-18(24)12-21(3,4)14-22/h6,8-9,18H,7,10-15H2,1-5H3,(H,23,25). The van der Waals surface area contributed by atoms with Gasteiger partial charge in [0.1, 0.15) is 5.75 Å². The summed E-state index contributed by atoms with van der Waals surface area (Å²) in [5.74, 6) is 0.974. The fourth-order valence-electron chi connectivity index (χ4n) is 5.27. The van der Waals surface area contributed by atoms with Gasteiger partial charge in [0.25, 0.3) is 0 Å². The van der Waals surface area contributed by atoms with E-state index in [2.05, 4.69) is 57.0 Å². The molecule has 4 heteroatoms. The number of fused-ring (bicyclic) bond motifs is 2. The number of para-hydroxylation sites is 1. The molecule has 2 unspecified atom stereocenters. The molecule has 0 radical (unpaired) electrons. The topological polar surface area (TPSA) is 41.6 Å². The summed E-state index contributed by atoms with van der Waals surface area (Å²) < 4.78 is 5.92. The number of aryl methyl sites for hydroxylation is 2. The summed E-state index contributed by atoms with van der Waals surface area (Å²) in [6, 6.07) is 6.68. The molecule has 3 rings (SSSR count). The van der Waals surface area contributed by atoms with Gasteiger partial charge >= 0.3 is 6.03 Å². The minimum atomic E-state index is 0.100. The summed E-state index contributed by atoms with van der Waals surface area (Å²) in [4.78, 5) is 14.7. The third-order valence-corrected chi connectivity index (χ3v) is 5.93. The maximum Gasteiger partial charge on any atom is 0.317 e. The first-order chi connectivity index (χ1) is 12.2. The lowest BCUT2D eigenvalue weighted by atomic mass is 9.65. The number of hydrogen-bond donors (Lipinski definition) is 1. The highest BCUT2D eigenvalue weighted by atomic mass is 16.5. The Morgan fingerprint density at radius 3 is 2.62 bits per heavy atom. The highest BCUT2D eigenvalue weighted by Crippen LogP contribution is 2.52. The third kappa shape index (κ3) is 4.16. The summed E-state index contributed by atoms with van der Waals surface area (Å²) in [6.45, 7) is 13.3. The van der Waals surface area contributed by atoms with E-state index in [-0.39, 0.29) is 11.4 Å². The minimum absolute atomic E-state index is 0.100. The van der Waals surface area contributed by atoms with E-state index in [1.807, 2.05) is 6.07 Å². The van der Waals surface area contributed by atoms with Crippen LogP contribution in [0.2, 0.25) is 0 Å². The molecule has 1 aromatic rings. The molecule has 1 N–H and O–H groups in total. The minimum Gasteiger partial charge on any atom is -0.493 e. The van der Waals surface area contributed by atoms with Crippen molar-refractivity contribution in [2.45, 2.75) is 66.3 Å². The largest absolute Gasteiger partial charge is 0.493 e. The highest BCUT2D eigenvalue weighted by Gasteiger charge is 2.50. The molecule has 26 heavy (non-hydrogen) atoms. The van der Waals surface area contributed by atoms with Crippen molar-refractivity contribution in [3.8, 4) is 5.75 Å². The molecule has 1 saturated heterocycles. The van der Waals surface area contributed by atoms with Crippen LogP contribution in [0.4, 0.5) is 4.79 Å². The number of ether oxygens (including phenoxy) is 1. The number of likely N-dealkylation sites (tertiary alicyclic amines) is 1. The van der Waals surface area contributed by atoms with E-state index in [0.717, 1.165) is 42.7 Å². The van der Waals surface area contributed by atoms with Crippen molar-refractivity contribution in [3.63, 3.8) is 0 Å². The van der Waals surface area contributed by atoms with Gasteiger partial charge in [0.2, 0.25) is 0 Å². The van der Waals surface area contributed by atoms with Crippen molar-refractivity contribution in [2.24, 2.45) is 10.8 Å². The maximum absolute atomic E-state index is 12.7. The Balaban J connectivity index is 1.44. The molecule has 1 heterocycles. The second-order valence-corrected chi connectivity index (χ2v) is 9.50. The van der Waals surface area contributed by atoms with E-state index in [4.69, 9.17) is 4.74 Å². The molecule has 2 fully saturated rings. The van der Waals surface area contributed by atoms with Crippen LogP contribution < -0.4 is 10.1 Å².